The highest BCUT2D eigenvalue weighted by molar-refractivity contribution is 5.85. The number of imidazole rings is 1. The lowest BCUT2D eigenvalue weighted by Gasteiger charge is -2.39. The molecule has 1 fully saturated rings. The van der Waals surface area contributed by atoms with Gasteiger partial charge in [-0.05, 0) is 43.5 Å². The van der Waals surface area contributed by atoms with E-state index in [0.29, 0.717) is 32.4 Å². The fourth-order valence-corrected chi connectivity index (χ4v) is 3.86. The molecule has 1 atom stereocenters. The molecule has 0 radical (unpaired) electrons. The SMILES string of the molecule is Cc1ccc2cc(C3(O)CCN(C(=O)[C@@H](N)Cc4cnc[nH]4)CC3)ccc2n1.Cl.Cl. The standard InChI is InChI=1S/C21H25N5O2.2ClH/c1-14-2-3-15-10-16(4-5-19(15)25-14)21(28)6-8-26(9-7-21)20(27)18(22)11-17-12-23-13-24-17;;/h2-5,10,12-13,18,28H,6-9,11,22H2,1H3,(H,23,24);2*1H/t18-;;/m0../s1. The lowest BCUT2D eigenvalue weighted by molar-refractivity contribution is -0.137. The van der Waals surface area contributed by atoms with Crippen molar-refractivity contribution in [3.05, 3.63) is 59.8 Å². The highest BCUT2D eigenvalue weighted by atomic mass is 35.5. The first-order valence-electron chi connectivity index (χ1n) is 9.56. The molecule has 1 aliphatic rings. The number of aromatic amines is 1. The number of nitrogens with two attached hydrogens (primary N) is 1. The number of hydrogen-bond acceptors (Lipinski definition) is 5. The number of aromatic nitrogens is 3. The number of nitrogens with zero attached hydrogens (tertiary/aromatic N) is 3. The number of H-pyrrole nitrogens is 1. The molecule has 4 rings (SSSR count). The van der Waals surface area contributed by atoms with Crippen LogP contribution in [0.1, 0.15) is 29.8 Å². The number of likely N-dealkylation sites (tertiary alicyclic amines) is 1. The van der Waals surface area contributed by atoms with Crippen LogP contribution < -0.4 is 5.73 Å². The van der Waals surface area contributed by atoms with E-state index < -0.39 is 11.6 Å². The summed E-state index contributed by atoms with van der Waals surface area (Å²) in [5.41, 5.74) is 8.75. The molecule has 0 aliphatic carbocycles. The van der Waals surface area contributed by atoms with Crippen LogP contribution in [0.5, 0.6) is 0 Å². The number of carbonyl (C=O) groups is 1. The zero-order valence-electron chi connectivity index (χ0n) is 16.7. The van der Waals surface area contributed by atoms with Crippen molar-refractivity contribution < 1.29 is 9.90 Å². The summed E-state index contributed by atoms with van der Waals surface area (Å²) in [4.78, 5) is 25.8. The number of benzene rings is 1. The number of piperidine rings is 1. The maximum absolute atomic E-state index is 12.7. The Kier molecular flexibility index (Phi) is 7.82. The van der Waals surface area contributed by atoms with E-state index in [2.05, 4.69) is 15.0 Å². The average Bonchev–Trinajstić information content (AvgIpc) is 3.20. The Morgan fingerprint density at radius 1 is 1.27 bits per heavy atom. The van der Waals surface area contributed by atoms with E-state index >= 15 is 0 Å². The van der Waals surface area contributed by atoms with Gasteiger partial charge in [0.2, 0.25) is 5.91 Å². The van der Waals surface area contributed by atoms with Crippen LogP contribution in [-0.4, -0.2) is 50.0 Å². The molecule has 3 aromatic rings. The molecule has 1 amide bonds. The molecule has 30 heavy (non-hydrogen) atoms. The molecule has 1 aliphatic heterocycles. The summed E-state index contributed by atoms with van der Waals surface area (Å²) in [5.74, 6) is -0.0881. The fraction of sp³-hybridized carbons (Fsp3) is 0.381. The van der Waals surface area contributed by atoms with Crippen molar-refractivity contribution in [1.29, 1.82) is 0 Å². The number of halogens is 2. The van der Waals surface area contributed by atoms with Crippen molar-refractivity contribution in [2.75, 3.05) is 13.1 Å². The van der Waals surface area contributed by atoms with Crippen LogP contribution >= 0.6 is 24.8 Å². The molecule has 0 bridgehead atoms. The van der Waals surface area contributed by atoms with Gasteiger partial charge in [-0.3, -0.25) is 9.78 Å². The van der Waals surface area contributed by atoms with Crippen LogP contribution in [0.4, 0.5) is 0 Å². The number of aliphatic hydroxyl groups is 1. The van der Waals surface area contributed by atoms with Crippen molar-refractivity contribution >= 4 is 41.6 Å². The predicted molar refractivity (Wildman–Crippen MR) is 121 cm³/mol. The van der Waals surface area contributed by atoms with Crippen LogP contribution in [0.2, 0.25) is 0 Å². The number of pyridine rings is 1. The smallest absolute Gasteiger partial charge is 0.239 e. The maximum Gasteiger partial charge on any atom is 0.239 e. The summed E-state index contributed by atoms with van der Waals surface area (Å²) in [7, 11) is 0. The Hall–Kier alpha value is -2.19. The molecular formula is C21H27Cl2N5O2. The molecule has 2 aromatic heterocycles. The van der Waals surface area contributed by atoms with Gasteiger partial charge >= 0.3 is 0 Å². The van der Waals surface area contributed by atoms with Gasteiger partial charge in [-0.15, -0.1) is 24.8 Å². The quantitative estimate of drug-likeness (QED) is 0.564. The molecule has 9 heteroatoms. The molecular weight excluding hydrogens is 425 g/mol. The van der Waals surface area contributed by atoms with Crippen LogP contribution in [0.25, 0.3) is 10.9 Å². The summed E-state index contributed by atoms with van der Waals surface area (Å²) < 4.78 is 0. The van der Waals surface area contributed by atoms with Gasteiger partial charge in [0.15, 0.2) is 0 Å². The topological polar surface area (TPSA) is 108 Å². The normalized spacial score (nSPS) is 16.4. The van der Waals surface area contributed by atoms with E-state index in [1.165, 1.54) is 0 Å². The summed E-state index contributed by atoms with van der Waals surface area (Å²) in [6.07, 6.45) is 4.66. The van der Waals surface area contributed by atoms with Crippen molar-refractivity contribution in [3.8, 4) is 0 Å². The summed E-state index contributed by atoms with van der Waals surface area (Å²) >= 11 is 0. The molecule has 162 valence electrons. The summed E-state index contributed by atoms with van der Waals surface area (Å²) in [6, 6.07) is 9.28. The lowest BCUT2D eigenvalue weighted by Crippen LogP contribution is -2.51. The molecule has 1 saturated heterocycles. The van der Waals surface area contributed by atoms with Crippen molar-refractivity contribution in [2.24, 2.45) is 5.73 Å². The molecule has 3 heterocycles. The van der Waals surface area contributed by atoms with Gasteiger partial charge in [-0.25, -0.2) is 4.98 Å². The van der Waals surface area contributed by atoms with Gasteiger partial charge in [-0.1, -0.05) is 12.1 Å². The Morgan fingerprint density at radius 3 is 2.67 bits per heavy atom. The third-order valence-corrected chi connectivity index (χ3v) is 5.58. The number of aryl methyl sites for hydroxylation is 1. The van der Waals surface area contributed by atoms with Gasteiger partial charge in [0.25, 0.3) is 0 Å². The number of amides is 1. The second kappa shape index (κ2) is 9.75. The highest BCUT2D eigenvalue weighted by Gasteiger charge is 2.36. The molecule has 0 spiro atoms. The van der Waals surface area contributed by atoms with Crippen molar-refractivity contribution in [1.82, 2.24) is 19.9 Å². The van der Waals surface area contributed by atoms with Crippen LogP contribution in [0, 0.1) is 6.92 Å². The second-order valence-corrected chi connectivity index (χ2v) is 7.60. The lowest BCUT2D eigenvalue weighted by atomic mass is 9.83. The Balaban J connectivity index is 0.00000160. The maximum atomic E-state index is 12.7. The first-order chi connectivity index (χ1) is 13.4. The number of rotatable bonds is 4. The number of nitrogens with one attached hydrogen (secondary N) is 1. The molecule has 7 nitrogen and oxygen atoms in total. The minimum atomic E-state index is -0.941. The van der Waals surface area contributed by atoms with Crippen molar-refractivity contribution in [2.45, 2.75) is 37.8 Å². The van der Waals surface area contributed by atoms with E-state index in [-0.39, 0.29) is 30.7 Å². The van der Waals surface area contributed by atoms with Crippen LogP contribution in [0.3, 0.4) is 0 Å². The summed E-state index contributed by atoms with van der Waals surface area (Å²) in [6.45, 7) is 2.93. The predicted octanol–water partition coefficient (Wildman–Crippen LogP) is 2.49. The monoisotopic (exact) mass is 451 g/mol. The Morgan fingerprint density at radius 2 is 2.00 bits per heavy atom. The van der Waals surface area contributed by atoms with Crippen LogP contribution in [-0.2, 0) is 16.8 Å². The Labute approximate surface area is 187 Å². The first-order valence-corrected chi connectivity index (χ1v) is 9.56. The Bertz CT molecular complexity index is 988. The highest BCUT2D eigenvalue weighted by Crippen LogP contribution is 2.34. The van der Waals surface area contributed by atoms with Crippen molar-refractivity contribution in [3.63, 3.8) is 0 Å². The summed E-state index contributed by atoms with van der Waals surface area (Å²) in [5, 5.41) is 12.2. The van der Waals surface area contributed by atoms with Gasteiger partial charge in [0, 0.05) is 42.5 Å². The van der Waals surface area contributed by atoms with Crippen LogP contribution in [0.15, 0.2) is 42.9 Å². The number of fused-ring (bicyclic) bond motifs is 1. The van der Waals surface area contributed by atoms with E-state index in [4.69, 9.17) is 5.73 Å². The van der Waals surface area contributed by atoms with E-state index in [0.717, 1.165) is 27.9 Å². The number of hydrogen-bond donors (Lipinski definition) is 3. The molecule has 4 N–H and O–H groups in total. The largest absolute Gasteiger partial charge is 0.385 e. The van der Waals surface area contributed by atoms with Gasteiger partial charge in [0.05, 0.1) is 23.5 Å². The first kappa shape index (κ1) is 24.1. The third kappa shape index (κ3) is 4.92. The molecule has 1 aromatic carbocycles. The molecule has 0 unspecified atom stereocenters. The minimum absolute atomic E-state index is 0. The second-order valence-electron chi connectivity index (χ2n) is 7.60. The third-order valence-electron chi connectivity index (χ3n) is 5.58. The zero-order chi connectivity index (χ0) is 19.7. The fourth-order valence-electron chi connectivity index (χ4n) is 3.86. The van der Waals surface area contributed by atoms with E-state index in [1.54, 1.807) is 17.4 Å². The van der Waals surface area contributed by atoms with Gasteiger partial charge in [-0.2, -0.15) is 0 Å². The van der Waals surface area contributed by atoms with Gasteiger partial charge in [0.1, 0.15) is 0 Å². The molecule has 0 saturated carbocycles. The minimum Gasteiger partial charge on any atom is -0.385 e. The van der Waals surface area contributed by atoms with Gasteiger partial charge < -0.3 is 20.7 Å². The number of carbonyl (C=O) groups excluding carboxylic acids is 1. The zero-order valence-corrected chi connectivity index (χ0v) is 18.4. The average molecular weight is 452 g/mol. The van der Waals surface area contributed by atoms with E-state index in [9.17, 15) is 9.90 Å². The van der Waals surface area contributed by atoms with E-state index in [1.807, 2.05) is 37.3 Å².